The van der Waals surface area contributed by atoms with Gasteiger partial charge in [-0.2, -0.15) is 8.42 Å². The number of hydrogen-bond donors (Lipinski definition) is 1. The fraction of sp³-hybridized carbons (Fsp3) is 0.875. The van der Waals surface area contributed by atoms with Crippen molar-refractivity contribution >= 4 is 81.8 Å². The van der Waals surface area contributed by atoms with Crippen LogP contribution in [0.4, 0.5) is 0 Å². The summed E-state index contributed by atoms with van der Waals surface area (Å²) >= 11 is 0. The minimum absolute atomic E-state index is 0. The normalized spacial score (nSPS) is 13.2. The first-order valence-corrected chi connectivity index (χ1v) is 9.74. The SMILES string of the molecule is CCCCCCCCCCCCC(C=O)(CC=O)S(=O)(=O)O.[NaH].[NaH]. The molecule has 0 aromatic heterocycles. The molecule has 0 fully saturated rings. The van der Waals surface area contributed by atoms with Crippen LogP contribution in [-0.4, -0.2) is 89.4 Å². The molecule has 0 radical (unpaired) electrons. The molecule has 134 valence electrons. The second kappa shape index (κ2) is 17.7. The van der Waals surface area contributed by atoms with E-state index in [1.165, 1.54) is 38.5 Å². The predicted molar refractivity (Wildman–Crippen MR) is 102 cm³/mol. The second-order valence-electron chi connectivity index (χ2n) is 5.96. The molecule has 0 aliphatic heterocycles. The number of aldehydes is 2. The van der Waals surface area contributed by atoms with E-state index in [-0.39, 0.29) is 71.8 Å². The van der Waals surface area contributed by atoms with Gasteiger partial charge in [0.05, 0.1) is 0 Å². The number of hydrogen-bond acceptors (Lipinski definition) is 4. The minimum atomic E-state index is -4.55. The van der Waals surface area contributed by atoms with Crippen molar-refractivity contribution in [2.75, 3.05) is 0 Å². The molecule has 0 heterocycles. The molecule has 0 aromatic rings. The van der Waals surface area contributed by atoms with Gasteiger partial charge in [0.25, 0.3) is 10.1 Å². The second-order valence-corrected chi connectivity index (χ2v) is 7.72. The van der Waals surface area contributed by atoms with Gasteiger partial charge in [-0.25, -0.2) is 0 Å². The van der Waals surface area contributed by atoms with Crippen LogP contribution in [0.3, 0.4) is 0 Å². The molecular weight excluding hydrogens is 350 g/mol. The number of carbonyl (C=O) groups is 2. The van der Waals surface area contributed by atoms with Gasteiger partial charge in [0.2, 0.25) is 0 Å². The van der Waals surface area contributed by atoms with Crippen LogP contribution in [0.25, 0.3) is 0 Å². The van der Waals surface area contributed by atoms with Crippen molar-refractivity contribution in [1.82, 2.24) is 0 Å². The Morgan fingerprint density at radius 3 is 1.58 bits per heavy atom. The van der Waals surface area contributed by atoms with Gasteiger partial charge >= 0.3 is 59.1 Å². The van der Waals surface area contributed by atoms with Crippen LogP contribution in [0.2, 0.25) is 0 Å². The van der Waals surface area contributed by atoms with Crippen LogP contribution in [-0.2, 0) is 19.7 Å². The zero-order chi connectivity index (χ0) is 16.9. The molecule has 1 unspecified atom stereocenters. The van der Waals surface area contributed by atoms with E-state index >= 15 is 0 Å². The van der Waals surface area contributed by atoms with Crippen molar-refractivity contribution in [2.24, 2.45) is 0 Å². The van der Waals surface area contributed by atoms with Crippen LogP contribution in [0.15, 0.2) is 0 Å². The van der Waals surface area contributed by atoms with Crippen LogP contribution in [0.5, 0.6) is 0 Å². The average Bonchev–Trinajstić information content (AvgIpc) is 2.46. The van der Waals surface area contributed by atoms with Gasteiger partial charge in [-0.1, -0.05) is 71.1 Å². The van der Waals surface area contributed by atoms with E-state index in [1.807, 2.05) is 0 Å². The van der Waals surface area contributed by atoms with Crippen molar-refractivity contribution in [3.05, 3.63) is 0 Å². The molecule has 0 spiro atoms. The Balaban J connectivity index is -0.00000220. The Kier molecular flexibility index (Phi) is 22.1. The maximum atomic E-state index is 11.3. The van der Waals surface area contributed by atoms with Crippen molar-refractivity contribution in [3.8, 4) is 0 Å². The van der Waals surface area contributed by atoms with Gasteiger partial charge in [-0.05, 0) is 6.42 Å². The van der Waals surface area contributed by atoms with E-state index in [4.69, 9.17) is 0 Å². The van der Waals surface area contributed by atoms with E-state index in [2.05, 4.69) is 6.92 Å². The third-order valence-electron chi connectivity index (χ3n) is 4.11. The Bertz CT molecular complexity index is 415. The van der Waals surface area contributed by atoms with Crippen molar-refractivity contribution in [1.29, 1.82) is 0 Å². The topological polar surface area (TPSA) is 88.5 Å². The van der Waals surface area contributed by atoms with E-state index in [1.54, 1.807) is 0 Å². The summed E-state index contributed by atoms with van der Waals surface area (Å²) in [5, 5.41) is 0. The summed E-state index contributed by atoms with van der Waals surface area (Å²) in [7, 11) is -4.55. The van der Waals surface area contributed by atoms with Gasteiger partial charge in [-0.3, -0.25) is 4.55 Å². The first-order valence-electron chi connectivity index (χ1n) is 8.30. The zero-order valence-electron chi connectivity index (χ0n) is 13.6. The molecule has 0 aromatic carbocycles. The van der Waals surface area contributed by atoms with Gasteiger partial charge in [-0.15, -0.1) is 0 Å². The number of unbranched alkanes of at least 4 members (excludes halogenated alkanes) is 9. The van der Waals surface area contributed by atoms with Crippen molar-refractivity contribution < 1.29 is 22.6 Å². The summed E-state index contributed by atoms with van der Waals surface area (Å²) in [4.78, 5) is 21.6. The molecule has 0 saturated carbocycles. The Hall–Kier alpha value is 1.25. The molecule has 0 saturated heterocycles. The van der Waals surface area contributed by atoms with Crippen LogP contribution < -0.4 is 0 Å². The molecule has 0 rings (SSSR count). The first kappa shape index (κ1) is 30.0. The van der Waals surface area contributed by atoms with Crippen molar-refractivity contribution in [2.45, 2.75) is 88.7 Å². The molecule has 0 bridgehead atoms. The van der Waals surface area contributed by atoms with Gasteiger partial charge in [0.1, 0.15) is 12.6 Å². The zero-order valence-corrected chi connectivity index (χ0v) is 14.4. The molecule has 1 N–H and O–H groups in total. The van der Waals surface area contributed by atoms with Gasteiger partial charge in [0.15, 0.2) is 4.75 Å². The maximum absolute atomic E-state index is 11.3. The van der Waals surface area contributed by atoms with E-state index in [9.17, 15) is 22.6 Å². The molecule has 24 heavy (non-hydrogen) atoms. The van der Waals surface area contributed by atoms with Crippen LogP contribution in [0.1, 0.15) is 84.0 Å². The average molecular weight is 382 g/mol. The monoisotopic (exact) mass is 382 g/mol. The van der Waals surface area contributed by atoms with Gasteiger partial charge in [0, 0.05) is 6.42 Å². The predicted octanol–water partition coefficient (Wildman–Crippen LogP) is 2.41. The number of carbonyl (C=O) groups excluding carboxylic acids is 2. The summed E-state index contributed by atoms with van der Waals surface area (Å²) < 4.78 is 29.9. The molecule has 1 atom stereocenters. The third-order valence-corrected chi connectivity index (χ3v) is 5.61. The molecule has 0 aliphatic rings. The summed E-state index contributed by atoms with van der Waals surface area (Å²) in [6.07, 6.45) is 11.0. The van der Waals surface area contributed by atoms with E-state index in [0.717, 1.165) is 19.3 Å². The van der Waals surface area contributed by atoms with E-state index < -0.39 is 21.3 Å². The van der Waals surface area contributed by atoms with Crippen molar-refractivity contribution in [3.63, 3.8) is 0 Å². The Labute approximate surface area is 191 Å². The molecule has 8 heteroatoms. The fourth-order valence-electron chi connectivity index (χ4n) is 2.56. The Morgan fingerprint density at radius 2 is 1.25 bits per heavy atom. The van der Waals surface area contributed by atoms with Crippen LogP contribution >= 0.6 is 0 Å². The summed E-state index contributed by atoms with van der Waals surface area (Å²) in [6.45, 7) is 2.19. The quantitative estimate of drug-likeness (QED) is 0.203. The Morgan fingerprint density at radius 1 is 0.833 bits per heavy atom. The third kappa shape index (κ3) is 12.6. The first-order chi connectivity index (χ1) is 10.4. The molecule has 5 nitrogen and oxygen atoms in total. The van der Waals surface area contributed by atoms with Crippen LogP contribution in [0, 0.1) is 0 Å². The summed E-state index contributed by atoms with van der Waals surface area (Å²) in [5.74, 6) is 0. The van der Waals surface area contributed by atoms with E-state index in [0.29, 0.717) is 12.7 Å². The molecule has 0 aliphatic carbocycles. The molecule has 0 amide bonds. The summed E-state index contributed by atoms with van der Waals surface area (Å²) in [5.41, 5.74) is 0. The van der Waals surface area contributed by atoms with Gasteiger partial charge < -0.3 is 9.59 Å². The summed E-state index contributed by atoms with van der Waals surface area (Å²) in [6, 6.07) is 0. The number of rotatable bonds is 15. The standard InChI is InChI=1S/C16H30O5S.2Na.2H/c1-2-3-4-5-6-7-8-9-10-11-12-16(15-18,13-14-17)22(19,20)21;;;;/h14-15H,2-13H2,1H3,(H,19,20,21);;;;. The molecular formula is C16H32Na2O5S. The fourth-order valence-corrected chi connectivity index (χ4v) is 3.36.